The molecule has 0 aromatic heterocycles. The van der Waals surface area contributed by atoms with Gasteiger partial charge in [-0.2, -0.15) is 5.10 Å². The molecule has 3 aromatic carbocycles. The van der Waals surface area contributed by atoms with Crippen LogP contribution in [0.15, 0.2) is 71.0 Å². The van der Waals surface area contributed by atoms with Crippen molar-refractivity contribution in [1.29, 1.82) is 0 Å². The second-order valence-electron chi connectivity index (χ2n) is 10.5. The molecular formula is C34H38N4O10. The maximum absolute atomic E-state index is 12.5. The van der Waals surface area contributed by atoms with E-state index in [-0.39, 0.29) is 19.0 Å². The highest BCUT2D eigenvalue weighted by molar-refractivity contribution is 5.95. The maximum atomic E-state index is 12.5. The van der Waals surface area contributed by atoms with E-state index in [1.807, 2.05) is 38.1 Å². The minimum Gasteiger partial charge on any atom is -0.490 e. The number of benzene rings is 3. The van der Waals surface area contributed by atoms with Gasteiger partial charge in [0, 0.05) is 5.70 Å². The van der Waals surface area contributed by atoms with Crippen LogP contribution in [0.5, 0.6) is 34.5 Å². The lowest BCUT2D eigenvalue weighted by atomic mass is 9.95. The van der Waals surface area contributed by atoms with Gasteiger partial charge in [-0.15, -0.1) is 0 Å². The first-order valence-corrected chi connectivity index (χ1v) is 15.3. The number of esters is 1. The number of nitrogens with zero attached hydrogens (tertiary/aromatic N) is 1. The number of aliphatic hydroxyl groups excluding tert-OH is 1. The van der Waals surface area contributed by atoms with Gasteiger partial charge in [-0.3, -0.25) is 5.43 Å². The Labute approximate surface area is 277 Å². The number of carbonyl (C=O) groups is 2. The number of hydrogen-bond donors (Lipinski definition) is 4. The maximum Gasteiger partial charge on any atom is 0.337 e. The molecule has 2 aliphatic rings. The van der Waals surface area contributed by atoms with Crippen molar-refractivity contribution in [3.63, 3.8) is 0 Å². The van der Waals surface area contributed by atoms with Gasteiger partial charge < -0.3 is 48.9 Å². The van der Waals surface area contributed by atoms with E-state index < -0.39 is 24.3 Å². The minimum absolute atomic E-state index is 0.163. The van der Waals surface area contributed by atoms with Crippen molar-refractivity contribution in [2.24, 2.45) is 5.10 Å². The molecule has 14 heteroatoms. The molecule has 0 radical (unpaired) electrons. The summed E-state index contributed by atoms with van der Waals surface area (Å²) in [6.07, 6.45) is 0.376. The van der Waals surface area contributed by atoms with Gasteiger partial charge >= 0.3 is 12.0 Å². The van der Waals surface area contributed by atoms with E-state index >= 15 is 0 Å². The Morgan fingerprint density at radius 3 is 2.48 bits per heavy atom. The van der Waals surface area contributed by atoms with Gasteiger partial charge in [-0.05, 0) is 79.9 Å². The van der Waals surface area contributed by atoms with Gasteiger partial charge in [0.25, 0.3) is 0 Å². The summed E-state index contributed by atoms with van der Waals surface area (Å²) in [7, 11) is 1.27. The first-order chi connectivity index (χ1) is 23.3. The van der Waals surface area contributed by atoms with Crippen LogP contribution in [0.3, 0.4) is 0 Å². The zero-order chi connectivity index (χ0) is 34.0. The summed E-state index contributed by atoms with van der Waals surface area (Å²) in [5.74, 6) is 2.66. The number of nitrogens with one attached hydrogen (secondary N) is 3. The van der Waals surface area contributed by atoms with E-state index in [2.05, 4.69) is 21.2 Å². The normalized spacial score (nSPS) is 15.8. The monoisotopic (exact) mass is 662 g/mol. The predicted octanol–water partition coefficient (Wildman–Crippen LogP) is 3.91. The van der Waals surface area contributed by atoms with Crippen molar-refractivity contribution >= 4 is 18.2 Å². The van der Waals surface area contributed by atoms with Gasteiger partial charge in [-0.1, -0.05) is 12.1 Å². The highest BCUT2D eigenvalue weighted by Crippen LogP contribution is 2.36. The fourth-order valence-corrected chi connectivity index (χ4v) is 5.00. The number of amides is 2. The second kappa shape index (κ2) is 15.8. The van der Waals surface area contributed by atoms with Gasteiger partial charge in [0.15, 0.2) is 40.7 Å². The smallest absolute Gasteiger partial charge is 0.337 e. The van der Waals surface area contributed by atoms with E-state index in [9.17, 15) is 14.7 Å². The van der Waals surface area contributed by atoms with E-state index in [0.29, 0.717) is 71.1 Å². The van der Waals surface area contributed by atoms with Crippen LogP contribution in [0.1, 0.15) is 43.5 Å². The molecule has 0 spiro atoms. The molecule has 254 valence electrons. The lowest BCUT2D eigenvalue weighted by molar-refractivity contribution is -0.136. The first kappa shape index (κ1) is 33.7. The number of hydrazone groups is 1. The average molecular weight is 663 g/mol. The van der Waals surface area contributed by atoms with Crippen LogP contribution in [0, 0.1) is 0 Å². The summed E-state index contributed by atoms with van der Waals surface area (Å²) in [6, 6.07) is 14.8. The third-order valence-electron chi connectivity index (χ3n) is 7.21. The van der Waals surface area contributed by atoms with Crippen molar-refractivity contribution in [2.45, 2.75) is 39.6 Å². The van der Waals surface area contributed by atoms with E-state index in [4.69, 9.17) is 33.2 Å². The Morgan fingerprint density at radius 2 is 1.71 bits per heavy atom. The van der Waals surface area contributed by atoms with Crippen molar-refractivity contribution in [2.75, 3.05) is 33.7 Å². The fourth-order valence-electron chi connectivity index (χ4n) is 5.00. The quantitative estimate of drug-likeness (QED) is 0.0806. The third-order valence-corrected chi connectivity index (χ3v) is 7.21. The molecule has 14 nitrogen and oxygen atoms in total. The molecule has 2 aliphatic heterocycles. The molecule has 0 fully saturated rings. The molecule has 2 heterocycles. The molecule has 2 amide bonds. The molecule has 0 aliphatic carbocycles. The van der Waals surface area contributed by atoms with Gasteiger partial charge in [-0.25, -0.2) is 9.59 Å². The lowest BCUT2D eigenvalue weighted by Crippen LogP contribution is -2.45. The number of aliphatic hydroxyl groups is 1. The van der Waals surface area contributed by atoms with Gasteiger partial charge in [0.05, 0.1) is 38.2 Å². The van der Waals surface area contributed by atoms with Gasteiger partial charge in [0.1, 0.15) is 13.2 Å². The number of hydrogen-bond acceptors (Lipinski definition) is 12. The molecule has 4 N–H and O–H groups in total. The molecule has 3 aromatic rings. The summed E-state index contributed by atoms with van der Waals surface area (Å²) in [5, 5.41) is 20.0. The highest BCUT2D eigenvalue weighted by Gasteiger charge is 2.32. The molecule has 0 saturated heterocycles. The van der Waals surface area contributed by atoms with Crippen molar-refractivity contribution in [3.05, 3.63) is 82.6 Å². The molecule has 0 unspecified atom stereocenters. The van der Waals surface area contributed by atoms with Crippen molar-refractivity contribution in [1.82, 2.24) is 16.1 Å². The standard InChI is InChI=1S/C34H38N4O10/c1-5-43-27-13-21(7-10-24(27)45-17-22-8-11-26-28(14-22)48-19-47-26)16-35-38-30(39)18-46-25-12-9-23(15-29(25)44-6-2)32-31(33(40)42-4)20(3)36-34(41)37-32/h7-16,30,32,38-39H,5-6,17-19H2,1-4H3,(H2,36,37,41)/b35-16-/t30-,32-/m0/s1. The summed E-state index contributed by atoms with van der Waals surface area (Å²) < 4.78 is 39.1. The number of methoxy groups -OCH3 is 1. The fraction of sp³-hybridized carbons (Fsp3) is 0.324. The second-order valence-corrected chi connectivity index (χ2v) is 10.5. The molecule has 5 rings (SSSR count). The Hall–Kier alpha value is -5.63. The SMILES string of the molecule is CCOc1cc(/C=N\N[C@@H](O)COc2ccc([C@@H]3NC(=O)NC(C)=C3C(=O)OC)cc2OCC)ccc1OCc1ccc2c(c1)OCO2. The first-order valence-electron chi connectivity index (χ1n) is 15.3. The highest BCUT2D eigenvalue weighted by atomic mass is 16.7. The summed E-state index contributed by atoms with van der Waals surface area (Å²) in [5.41, 5.74) is 5.51. The van der Waals surface area contributed by atoms with Crippen LogP contribution >= 0.6 is 0 Å². The number of allylic oxidation sites excluding steroid dienone is 1. The molecular weight excluding hydrogens is 624 g/mol. The Balaban J connectivity index is 1.18. The topological polar surface area (TPSA) is 167 Å². The molecule has 2 atom stereocenters. The van der Waals surface area contributed by atoms with Crippen LogP contribution in [0.2, 0.25) is 0 Å². The van der Waals surface area contributed by atoms with Crippen LogP contribution in [-0.4, -0.2) is 63.3 Å². The number of rotatable bonds is 15. The van der Waals surface area contributed by atoms with Crippen molar-refractivity contribution < 1.29 is 47.9 Å². The molecule has 48 heavy (non-hydrogen) atoms. The summed E-state index contributed by atoms with van der Waals surface area (Å²) in [6.45, 7) is 6.45. The summed E-state index contributed by atoms with van der Waals surface area (Å²) in [4.78, 5) is 24.7. The average Bonchev–Trinajstić information content (AvgIpc) is 3.55. The zero-order valence-corrected chi connectivity index (χ0v) is 27.0. The van der Waals surface area contributed by atoms with Crippen LogP contribution in [0.4, 0.5) is 4.79 Å². The zero-order valence-electron chi connectivity index (χ0n) is 27.0. The molecule has 0 saturated carbocycles. The van der Waals surface area contributed by atoms with E-state index in [0.717, 1.165) is 5.56 Å². The molecule has 0 bridgehead atoms. The lowest BCUT2D eigenvalue weighted by Gasteiger charge is -2.28. The number of fused-ring (bicyclic) bond motifs is 1. The largest absolute Gasteiger partial charge is 0.490 e. The minimum atomic E-state index is -1.16. The van der Waals surface area contributed by atoms with E-state index in [1.54, 1.807) is 37.3 Å². The summed E-state index contributed by atoms with van der Waals surface area (Å²) >= 11 is 0. The Kier molecular flexibility index (Phi) is 11.1. The third kappa shape index (κ3) is 8.20. The Bertz CT molecular complexity index is 1690. The number of urea groups is 1. The van der Waals surface area contributed by atoms with Crippen LogP contribution in [-0.2, 0) is 16.1 Å². The van der Waals surface area contributed by atoms with Crippen LogP contribution in [0.25, 0.3) is 0 Å². The van der Waals surface area contributed by atoms with E-state index in [1.165, 1.54) is 13.3 Å². The van der Waals surface area contributed by atoms with Gasteiger partial charge in [0.2, 0.25) is 6.79 Å². The predicted molar refractivity (Wildman–Crippen MR) is 173 cm³/mol. The number of carbonyl (C=O) groups excluding carboxylic acids is 2. The van der Waals surface area contributed by atoms with Crippen molar-refractivity contribution in [3.8, 4) is 34.5 Å². The van der Waals surface area contributed by atoms with Crippen LogP contribution < -0.4 is 44.5 Å². The number of ether oxygens (including phenoxy) is 7. The Morgan fingerprint density at radius 1 is 0.979 bits per heavy atom.